The molecule has 2 rings (SSSR count). The highest BCUT2D eigenvalue weighted by atomic mass is 32.1. The van der Waals surface area contributed by atoms with Gasteiger partial charge in [-0.3, -0.25) is 4.79 Å². The van der Waals surface area contributed by atoms with Gasteiger partial charge in [-0.05, 0) is 30.4 Å². The molecule has 0 spiro atoms. The van der Waals surface area contributed by atoms with Gasteiger partial charge in [-0.25, -0.2) is 0 Å². The van der Waals surface area contributed by atoms with Gasteiger partial charge < -0.3 is 4.74 Å². The normalized spacial score (nSPS) is 20.8. The zero-order valence-electron chi connectivity index (χ0n) is 10.8. The van der Waals surface area contributed by atoms with E-state index in [1.54, 1.807) is 11.3 Å². The zero-order chi connectivity index (χ0) is 12.5. The van der Waals surface area contributed by atoms with Gasteiger partial charge in [-0.15, -0.1) is 11.3 Å². The number of rotatable bonds is 3. The maximum absolute atomic E-state index is 12.1. The number of ether oxygens (including phenoxy) is 1. The first-order chi connectivity index (χ1) is 7.97. The fourth-order valence-electron chi connectivity index (χ4n) is 2.00. The predicted octanol–water partition coefficient (Wildman–Crippen LogP) is 3.80. The van der Waals surface area contributed by atoms with Crippen molar-refractivity contribution in [2.75, 3.05) is 6.61 Å². The summed E-state index contributed by atoms with van der Waals surface area (Å²) in [5.41, 5.74) is 0.132. The summed E-state index contributed by atoms with van der Waals surface area (Å²) in [5.74, 6) is 0.234. The van der Waals surface area contributed by atoms with E-state index in [9.17, 15) is 4.79 Å². The largest absolute Gasteiger partial charge is 0.378 e. The number of carbonyl (C=O) groups is 1. The minimum atomic E-state index is 0.132. The van der Waals surface area contributed by atoms with E-state index in [0.29, 0.717) is 6.42 Å². The van der Waals surface area contributed by atoms with Gasteiger partial charge in [0.1, 0.15) is 0 Å². The van der Waals surface area contributed by atoms with Crippen LogP contribution in [0.2, 0.25) is 0 Å². The molecule has 0 aromatic carbocycles. The standard InChI is InChI=1S/C14H20O2S/c1-14(2,3)13-7-6-12(17-13)11(15)9-10-5-4-8-16-10/h6-7,10H,4-5,8-9H2,1-3H3. The van der Waals surface area contributed by atoms with E-state index in [4.69, 9.17) is 4.74 Å². The van der Waals surface area contributed by atoms with Crippen LogP contribution in [0.1, 0.15) is 54.6 Å². The number of ketones is 1. The van der Waals surface area contributed by atoms with Crippen LogP contribution in [0.25, 0.3) is 0 Å². The second-order valence-corrected chi connectivity index (χ2v) is 6.76. The molecule has 1 saturated heterocycles. The number of hydrogen-bond acceptors (Lipinski definition) is 3. The van der Waals surface area contributed by atoms with Gasteiger partial charge >= 0.3 is 0 Å². The molecule has 0 saturated carbocycles. The lowest BCUT2D eigenvalue weighted by Crippen LogP contribution is -2.11. The van der Waals surface area contributed by atoms with Crippen LogP contribution < -0.4 is 0 Å². The summed E-state index contributed by atoms with van der Waals surface area (Å²) in [5, 5.41) is 0. The van der Waals surface area contributed by atoms with Crippen molar-refractivity contribution in [3.63, 3.8) is 0 Å². The Hall–Kier alpha value is -0.670. The average molecular weight is 252 g/mol. The van der Waals surface area contributed by atoms with Crippen LogP contribution >= 0.6 is 11.3 Å². The Bertz CT molecular complexity index is 395. The van der Waals surface area contributed by atoms with Crippen LogP contribution in [0, 0.1) is 0 Å². The highest BCUT2D eigenvalue weighted by Gasteiger charge is 2.22. The molecular formula is C14H20O2S. The summed E-state index contributed by atoms with van der Waals surface area (Å²) in [6, 6.07) is 4.04. The van der Waals surface area contributed by atoms with Gasteiger partial charge in [0.2, 0.25) is 0 Å². The van der Waals surface area contributed by atoms with E-state index in [-0.39, 0.29) is 17.3 Å². The average Bonchev–Trinajstić information content (AvgIpc) is 2.85. The Morgan fingerprint density at radius 3 is 2.76 bits per heavy atom. The summed E-state index contributed by atoms with van der Waals surface area (Å²) >= 11 is 1.63. The quantitative estimate of drug-likeness (QED) is 0.765. The van der Waals surface area contributed by atoms with Crippen LogP contribution in [0.15, 0.2) is 12.1 Å². The Morgan fingerprint density at radius 2 is 2.24 bits per heavy atom. The lowest BCUT2D eigenvalue weighted by atomic mass is 9.95. The van der Waals surface area contributed by atoms with Crippen molar-refractivity contribution in [3.05, 3.63) is 21.9 Å². The third-order valence-corrected chi connectivity index (χ3v) is 4.61. The highest BCUT2D eigenvalue weighted by Crippen LogP contribution is 2.30. The van der Waals surface area contributed by atoms with Crippen molar-refractivity contribution in [1.29, 1.82) is 0 Å². The van der Waals surface area contributed by atoms with E-state index in [1.807, 2.05) is 6.07 Å². The minimum Gasteiger partial charge on any atom is -0.378 e. The molecule has 0 bridgehead atoms. The van der Waals surface area contributed by atoms with Gasteiger partial charge in [0.05, 0.1) is 11.0 Å². The molecule has 3 heteroatoms. The van der Waals surface area contributed by atoms with Crippen LogP contribution in [0.5, 0.6) is 0 Å². The maximum atomic E-state index is 12.1. The molecule has 94 valence electrons. The van der Waals surface area contributed by atoms with E-state index >= 15 is 0 Å². The molecule has 0 amide bonds. The molecule has 1 fully saturated rings. The van der Waals surface area contributed by atoms with Crippen molar-refractivity contribution < 1.29 is 9.53 Å². The topological polar surface area (TPSA) is 26.3 Å². The lowest BCUT2D eigenvalue weighted by molar-refractivity contribution is 0.0779. The fraction of sp³-hybridized carbons (Fsp3) is 0.643. The first-order valence-corrected chi connectivity index (χ1v) is 7.03. The lowest BCUT2D eigenvalue weighted by Gasteiger charge is -2.15. The molecule has 1 unspecified atom stereocenters. The third-order valence-electron chi connectivity index (χ3n) is 3.06. The molecule has 2 nitrogen and oxygen atoms in total. The van der Waals surface area contributed by atoms with Crippen molar-refractivity contribution in [1.82, 2.24) is 0 Å². The molecule has 0 aliphatic carbocycles. The minimum absolute atomic E-state index is 0.132. The van der Waals surface area contributed by atoms with Crippen LogP contribution in [0.3, 0.4) is 0 Å². The smallest absolute Gasteiger partial charge is 0.175 e. The summed E-state index contributed by atoms with van der Waals surface area (Å²) in [6.45, 7) is 7.34. The molecule has 2 heterocycles. The number of thiophene rings is 1. The summed E-state index contributed by atoms with van der Waals surface area (Å²) in [4.78, 5) is 14.2. The number of carbonyl (C=O) groups excluding carboxylic acids is 1. The molecule has 1 atom stereocenters. The zero-order valence-corrected chi connectivity index (χ0v) is 11.6. The van der Waals surface area contributed by atoms with Crippen LogP contribution in [-0.2, 0) is 10.2 Å². The highest BCUT2D eigenvalue weighted by molar-refractivity contribution is 7.14. The summed E-state index contributed by atoms with van der Waals surface area (Å²) in [6.07, 6.45) is 2.82. The van der Waals surface area contributed by atoms with Gasteiger partial charge in [0, 0.05) is 17.9 Å². The second kappa shape index (κ2) is 4.91. The molecule has 1 aromatic rings. The van der Waals surface area contributed by atoms with Gasteiger partial charge in [0.15, 0.2) is 5.78 Å². The second-order valence-electron chi connectivity index (χ2n) is 5.68. The molecule has 1 aliphatic rings. The Morgan fingerprint density at radius 1 is 1.47 bits per heavy atom. The predicted molar refractivity (Wildman–Crippen MR) is 70.9 cm³/mol. The maximum Gasteiger partial charge on any atom is 0.175 e. The molecule has 0 N–H and O–H groups in total. The SMILES string of the molecule is CC(C)(C)c1ccc(C(=O)CC2CCCO2)s1. The van der Waals surface area contributed by atoms with Gasteiger partial charge in [0.25, 0.3) is 0 Å². The van der Waals surface area contributed by atoms with Crippen molar-refractivity contribution in [2.45, 2.75) is 51.6 Å². The Kier molecular flexibility index (Phi) is 3.69. The van der Waals surface area contributed by atoms with E-state index in [2.05, 4.69) is 26.8 Å². The number of hydrogen-bond donors (Lipinski definition) is 0. The third kappa shape index (κ3) is 3.17. The van der Waals surface area contributed by atoms with Crippen LogP contribution in [0.4, 0.5) is 0 Å². The summed E-state index contributed by atoms with van der Waals surface area (Å²) < 4.78 is 5.50. The van der Waals surface area contributed by atoms with E-state index in [0.717, 1.165) is 24.3 Å². The van der Waals surface area contributed by atoms with Crippen molar-refractivity contribution in [3.8, 4) is 0 Å². The monoisotopic (exact) mass is 252 g/mol. The van der Waals surface area contributed by atoms with Crippen molar-refractivity contribution >= 4 is 17.1 Å². The van der Waals surface area contributed by atoms with Gasteiger partial charge in [-0.1, -0.05) is 20.8 Å². The first kappa shape index (κ1) is 12.8. The molecule has 0 radical (unpaired) electrons. The molecule has 1 aliphatic heterocycles. The van der Waals surface area contributed by atoms with E-state index < -0.39 is 0 Å². The fourth-order valence-corrected chi connectivity index (χ4v) is 3.02. The van der Waals surface area contributed by atoms with E-state index in [1.165, 1.54) is 4.88 Å². The Balaban J connectivity index is 2.01. The van der Waals surface area contributed by atoms with Crippen molar-refractivity contribution in [2.24, 2.45) is 0 Å². The molecular weight excluding hydrogens is 232 g/mol. The Labute approximate surface area is 107 Å². The molecule has 1 aromatic heterocycles. The van der Waals surface area contributed by atoms with Gasteiger partial charge in [-0.2, -0.15) is 0 Å². The molecule has 17 heavy (non-hydrogen) atoms. The number of Topliss-reactive ketones (excluding diaryl/α,β-unsaturated/α-hetero) is 1. The van der Waals surface area contributed by atoms with Crippen LogP contribution in [-0.4, -0.2) is 18.5 Å². The summed E-state index contributed by atoms with van der Waals surface area (Å²) in [7, 11) is 0. The first-order valence-electron chi connectivity index (χ1n) is 6.22.